The molecule has 2 amide bonds. The van der Waals surface area contributed by atoms with Crippen molar-refractivity contribution in [3.8, 4) is 0 Å². The Kier molecular flexibility index (Phi) is 3.83. The van der Waals surface area contributed by atoms with Gasteiger partial charge in [-0.15, -0.1) is 10.2 Å². The normalized spacial score (nSPS) is 28.3. The number of nitrogens with one attached hydrogen (secondary N) is 1. The van der Waals surface area contributed by atoms with Gasteiger partial charge >= 0.3 is 12.0 Å². The van der Waals surface area contributed by atoms with Gasteiger partial charge in [-0.05, 0) is 59.4 Å². The van der Waals surface area contributed by atoms with E-state index in [0.717, 1.165) is 5.92 Å². The molecule has 0 unspecified atom stereocenters. The van der Waals surface area contributed by atoms with Crippen molar-refractivity contribution in [2.75, 3.05) is 13.7 Å². The number of esters is 1. The fourth-order valence-corrected chi connectivity index (χ4v) is 5.17. The molecule has 1 heterocycles. The van der Waals surface area contributed by atoms with Gasteiger partial charge in [-0.1, -0.05) is 11.3 Å². The van der Waals surface area contributed by atoms with Crippen molar-refractivity contribution < 1.29 is 14.3 Å². The SMILES string of the molecule is COC(=O)C1(N(Cc2nnc(Br)s2)C(=O)NCC23CC(C2)C3)CC1. The highest BCUT2D eigenvalue weighted by Crippen LogP contribution is 2.63. The number of methoxy groups -OCH3 is 1. The number of urea groups is 1. The molecule has 7 nitrogen and oxygen atoms in total. The van der Waals surface area contributed by atoms with Crippen LogP contribution in [0.15, 0.2) is 3.92 Å². The highest BCUT2D eigenvalue weighted by molar-refractivity contribution is 9.11. The van der Waals surface area contributed by atoms with Crippen molar-refractivity contribution in [2.24, 2.45) is 11.3 Å². The Morgan fingerprint density at radius 3 is 2.54 bits per heavy atom. The molecule has 9 heteroatoms. The molecule has 2 bridgehead atoms. The maximum absolute atomic E-state index is 12.8. The Bertz CT molecular complexity index is 673. The quantitative estimate of drug-likeness (QED) is 0.721. The van der Waals surface area contributed by atoms with E-state index in [-0.39, 0.29) is 18.5 Å². The lowest BCUT2D eigenvalue weighted by Gasteiger charge is -2.62. The molecule has 1 aromatic heterocycles. The molecule has 1 N–H and O–H groups in total. The van der Waals surface area contributed by atoms with Crippen LogP contribution in [0, 0.1) is 11.3 Å². The van der Waals surface area contributed by atoms with Crippen LogP contribution in [0.4, 0.5) is 4.79 Å². The van der Waals surface area contributed by atoms with Gasteiger partial charge in [0.25, 0.3) is 0 Å². The van der Waals surface area contributed by atoms with Crippen molar-refractivity contribution in [1.82, 2.24) is 20.4 Å². The maximum atomic E-state index is 12.8. The van der Waals surface area contributed by atoms with E-state index < -0.39 is 5.54 Å². The lowest BCUT2D eigenvalue weighted by molar-refractivity contribution is -0.147. The van der Waals surface area contributed by atoms with Crippen molar-refractivity contribution in [3.63, 3.8) is 0 Å². The number of amides is 2. The molecule has 24 heavy (non-hydrogen) atoms. The van der Waals surface area contributed by atoms with Crippen LogP contribution in [0.1, 0.15) is 37.1 Å². The van der Waals surface area contributed by atoms with Gasteiger partial charge in [0.2, 0.25) is 0 Å². The zero-order valence-electron chi connectivity index (χ0n) is 13.4. The lowest BCUT2D eigenvalue weighted by Crippen LogP contribution is -2.60. The second-order valence-electron chi connectivity index (χ2n) is 7.20. The molecular formula is C15H19BrN4O3S. The molecule has 4 aliphatic carbocycles. The Hall–Kier alpha value is -1.22. The van der Waals surface area contributed by atoms with Crippen LogP contribution < -0.4 is 5.32 Å². The first kappa shape index (κ1) is 16.3. The number of halogens is 1. The molecule has 5 rings (SSSR count). The summed E-state index contributed by atoms with van der Waals surface area (Å²) in [6.45, 7) is 0.954. The van der Waals surface area contributed by atoms with Gasteiger partial charge in [-0.3, -0.25) is 0 Å². The number of hydrogen-bond donors (Lipinski definition) is 1. The van der Waals surface area contributed by atoms with Gasteiger partial charge in [-0.2, -0.15) is 0 Å². The number of carbonyl (C=O) groups is 2. The second-order valence-corrected chi connectivity index (χ2v) is 9.53. The van der Waals surface area contributed by atoms with Gasteiger partial charge < -0.3 is 15.0 Å². The fourth-order valence-electron chi connectivity index (χ4n) is 3.98. The minimum absolute atomic E-state index is 0.214. The van der Waals surface area contributed by atoms with E-state index in [1.165, 1.54) is 37.7 Å². The number of aromatic nitrogens is 2. The smallest absolute Gasteiger partial charge is 0.331 e. The summed E-state index contributed by atoms with van der Waals surface area (Å²) in [5.74, 6) is 0.522. The number of hydrogen-bond acceptors (Lipinski definition) is 6. The van der Waals surface area contributed by atoms with Crippen molar-refractivity contribution in [2.45, 2.75) is 44.2 Å². The molecule has 0 aromatic carbocycles. The summed E-state index contributed by atoms with van der Waals surface area (Å²) in [6.07, 6.45) is 4.91. The predicted molar refractivity (Wildman–Crippen MR) is 90.3 cm³/mol. The van der Waals surface area contributed by atoms with Crippen LogP contribution in [0.2, 0.25) is 0 Å². The van der Waals surface area contributed by atoms with Crippen LogP contribution >= 0.6 is 27.3 Å². The minimum atomic E-state index is -0.851. The zero-order valence-corrected chi connectivity index (χ0v) is 15.8. The summed E-state index contributed by atoms with van der Waals surface area (Å²) >= 11 is 4.65. The van der Waals surface area contributed by atoms with Crippen molar-refractivity contribution >= 4 is 39.3 Å². The van der Waals surface area contributed by atoms with Gasteiger partial charge in [-0.25, -0.2) is 9.59 Å². The summed E-state index contributed by atoms with van der Waals surface area (Å²) < 4.78 is 5.60. The molecule has 1 aromatic rings. The highest BCUT2D eigenvalue weighted by atomic mass is 79.9. The average molecular weight is 415 g/mol. The van der Waals surface area contributed by atoms with E-state index in [0.29, 0.717) is 33.7 Å². The van der Waals surface area contributed by atoms with Gasteiger partial charge in [0.05, 0.1) is 13.7 Å². The Labute approximate surface area is 152 Å². The molecular weight excluding hydrogens is 396 g/mol. The molecule has 0 radical (unpaired) electrons. The van der Waals surface area contributed by atoms with Gasteiger partial charge in [0.15, 0.2) is 3.92 Å². The Morgan fingerprint density at radius 2 is 2.08 bits per heavy atom. The van der Waals surface area contributed by atoms with E-state index in [1.807, 2.05) is 0 Å². The summed E-state index contributed by atoms with van der Waals surface area (Å²) in [7, 11) is 1.36. The van der Waals surface area contributed by atoms with E-state index in [2.05, 4.69) is 31.4 Å². The molecule has 0 saturated heterocycles. The second kappa shape index (κ2) is 5.66. The molecule has 4 fully saturated rings. The van der Waals surface area contributed by atoms with Crippen LogP contribution in [0.25, 0.3) is 0 Å². The van der Waals surface area contributed by atoms with Crippen molar-refractivity contribution in [3.05, 3.63) is 8.92 Å². The third-order valence-electron chi connectivity index (χ3n) is 5.57. The molecule has 130 valence electrons. The average Bonchev–Trinajstić information content (AvgIpc) is 3.18. The number of ether oxygens (including phenoxy) is 1. The Balaban J connectivity index is 1.48. The van der Waals surface area contributed by atoms with E-state index in [9.17, 15) is 9.59 Å². The van der Waals surface area contributed by atoms with Crippen LogP contribution in [-0.2, 0) is 16.1 Å². The molecule has 4 aliphatic rings. The molecule has 0 spiro atoms. The number of rotatable bonds is 6. The zero-order chi connectivity index (χ0) is 16.9. The third-order valence-corrected chi connectivity index (χ3v) is 6.91. The predicted octanol–water partition coefficient (Wildman–Crippen LogP) is 2.32. The van der Waals surface area contributed by atoms with Gasteiger partial charge in [0, 0.05) is 6.54 Å². The lowest BCUT2D eigenvalue weighted by atomic mass is 9.44. The van der Waals surface area contributed by atoms with Crippen LogP contribution in [0.5, 0.6) is 0 Å². The van der Waals surface area contributed by atoms with Crippen LogP contribution in [0.3, 0.4) is 0 Å². The van der Waals surface area contributed by atoms with Crippen molar-refractivity contribution in [1.29, 1.82) is 0 Å². The summed E-state index contributed by atoms with van der Waals surface area (Å²) in [4.78, 5) is 26.6. The van der Waals surface area contributed by atoms with Gasteiger partial charge in [0.1, 0.15) is 10.5 Å². The van der Waals surface area contributed by atoms with E-state index >= 15 is 0 Å². The monoisotopic (exact) mass is 414 g/mol. The summed E-state index contributed by atoms with van der Waals surface area (Å²) in [5, 5.41) is 11.7. The summed E-state index contributed by atoms with van der Waals surface area (Å²) in [6, 6.07) is -0.214. The maximum Gasteiger partial charge on any atom is 0.331 e. The number of carbonyl (C=O) groups excluding carboxylic acids is 2. The first-order valence-corrected chi connectivity index (χ1v) is 9.69. The molecule has 0 atom stereocenters. The topological polar surface area (TPSA) is 84.4 Å². The standard InChI is InChI=1S/C15H19BrN4O3S/c1-23-11(21)15(2-3-15)20(7-10-18-19-12(16)24-10)13(22)17-8-14-4-9(5-14)6-14/h9H,2-8H2,1H3,(H,17,22). The first-order chi connectivity index (χ1) is 11.5. The first-order valence-electron chi connectivity index (χ1n) is 8.08. The summed E-state index contributed by atoms with van der Waals surface area (Å²) in [5.41, 5.74) is -0.532. The molecule has 0 aliphatic heterocycles. The van der Waals surface area contributed by atoms with E-state index in [4.69, 9.17) is 4.74 Å². The van der Waals surface area contributed by atoms with E-state index in [1.54, 1.807) is 4.90 Å². The Morgan fingerprint density at radius 1 is 1.38 bits per heavy atom. The molecule has 4 saturated carbocycles. The highest BCUT2D eigenvalue weighted by Gasteiger charge is 2.59. The minimum Gasteiger partial charge on any atom is -0.467 e. The number of nitrogens with zero attached hydrogens (tertiary/aromatic N) is 3. The third kappa shape index (κ3) is 2.61. The largest absolute Gasteiger partial charge is 0.467 e. The fraction of sp³-hybridized carbons (Fsp3) is 0.733. The van der Waals surface area contributed by atoms with Crippen LogP contribution in [-0.4, -0.2) is 46.3 Å².